The summed E-state index contributed by atoms with van der Waals surface area (Å²) in [5, 5.41) is 9.13. The van der Waals surface area contributed by atoms with E-state index in [1.807, 2.05) is 0 Å². The van der Waals surface area contributed by atoms with E-state index in [1.54, 1.807) is 0 Å². The first kappa shape index (κ1) is 34.8. The van der Waals surface area contributed by atoms with E-state index in [4.69, 9.17) is 19.9 Å². The Labute approximate surface area is 365 Å². The zero-order valence-corrected chi connectivity index (χ0v) is 34.2. The van der Waals surface area contributed by atoms with Crippen molar-refractivity contribution in [3.63, 3.8) is 0 Å². The van der Waals surface area contributed by atoms with E-state index in [-0.39, 0.29) is 0 Å². The third-order valence-corrected chi connectivity index (χ3v) is 12.9. The molecule has 8 heteroatoms. The second kappa shape index (κ2) is 13.3. The van der Waals surface area contributed by atoms with Gasteiger partial charge >= 0.3 is 0 Å². The molecule has 0 unspecified atom stereocenters. The zero-order chi connectivity index (χ0) is 41.9. The lowest BCUT2D eigenvalue weighted by atomic mass is 10.2. The number of benzene rings is 8. The molecule has 0 saturated heterocycles. The van der Waals surface area contributed by atoms with Crippen LogP contribution in [0.3, 0.4) is 0 Å². The highest BCUT2D eigenvalue weighted by Gasteiger charge is 2.25. The van der Waals surface area contributed by atoms with Crippen molar-refractivity contribution in [2.75, 3.05) is 0 Å². The van der Waals surface area contributed by atoms with Gasteiger partial charge in [0.05, 0.1) is 49.7 Å². The second-order valence-corrected chi connectivity index (χ2v) is 16.3. The van der Waals surface area contributed by atoms with E-state index >= 15 is 0 Å². The Morgan fingerprint density at radius 1 is 0.234 bits per heavy atom. The first-order chi connectivity index (χ1) is 31.8. The monoisotopic (exact) mass is 818 g/mol. The first-order valence-corrected chi connectivity index (χ1v) is 21.5. The summed E-state index contributed by atoms with van der Waals surface area (Å²) in [7, 11) is 0. The molecule has 0 amide bonds. The van der Waals surface area contributed by atoms with Crippen molar-refractivity contribution in [2.45, 2.75) is 0 Å². The SMILES string of the molecule is c1ccc2c(c1)c1ccccc1n2-c1ccc(-c2nc(-n3c4ccccc4c4ccccc43)nc(-n3c4ccccc4c4ccccc43)n2)c(-n2c3ccccc3c3ccccc32)n1. The summed E-state index contributed by atoms with van der Waals surface area (Å²) in [4.78, 5) is 22.2. The van der Waals surface area contributed by atoms with Crippen molar-refractivity contribution in [1.29, 1.82) is 0 Å². The van der Waals surface area contributed by atoms with Crippen molar-refractivity contribution in [3.8, 4) is 34.9 Å². The van der Waals surface area contributed by atoms with Crippen LogP contribution in [0, 0.1) is 0 Å². The van der Waals surface area contributed by atoms with Gasteiger partial charge < -0.3 is 0 Å². The van der Waals surface area contributed by atoms with E-state index in [0.717, 1.165) is 87.8 Å². The van der Waals surface area contributed by atoms with Crippen molar-refractivity contribution >= 4 is 87.2 Å². The van der Waals surface area contributed by atoms with Gasteiger partial charge in [0.15, 0.2) is 11.6 Å². The molecular weight excluding hydrogens is 785 g/mol. The van der Waals surface area contributed by atoms with Crippen molar-refractivity contribution in [2.24, 2.45) is 0 Å². The fourth-order valence-corrected chi connectivity index (χ4v) is 10.2. The third kappa shape index (κ3) is 4.87. The molecule has 14 rings (SSSR count). The normalized spacial score (nSPS) is 12.1. The van der Waals surface area contributed by atoms with Gasteiger partial charge in [-0.3, -0.25) is 18.3 Å². The lowest BCUT2D eigenvalue weighted by molar-refractivity contribution is 0.889. The Kier molecular flexibility index (Phi) is 7.23. The maximum Gasteiger partial charge on any atom is 0.240 e. The van der Waals surface area contributed by atoms with Gasteiger partial charge in [-0.2, -0.15) is 15.0 Å². The molecule has 0 radical (unpaired) electrons. The Hall–Kier alpha value is -8.88. The van der Waals surface area contributed by atoms with Crippen molar-refractivity contribution in [1.82, 2.24) is 38.2 Å². The van der Waals surface area contributed by atoms with Gasteiger partial charge in [0.1, 0.15) is 5.82 Å². The quantitative estimate of drug-likeness (QED) is 0.173. The maximum atomic E-state index is 5.73. The van der Waals surface area contributed by atoms with E-state index < -0.39 is 0 Å². The molecule has 0 bridgehead atoms. The fraction of sp³-hybridized carbons (Fsp3) is 0. The number of hydrogen-bond acceptors (Lipinski definition) is 4. The van der Waals surface area contributed by atoms with Gasteiger partial charge in [0, 0.05) is 43.1 Å². The van der Waals surface area contributed by atoms with Crippen LogP contribution in [0.5, 0.6) is 0 Å². The molecule has 64 heavy (non-hydrogen) atoms. The smallest absolute Gasteiger partial charge is 0.240 e. The Morgan fingerprint density at radius 2 is 0.516 bits per heavy atom. The molecule has 0 aliphatic rings. The summed E-state index contributed by atoms with van der Waals surface area (Å²) in [5.41, 5.74) is 9.05. The zero-order valence-electron chi connectivity index (χ0n) is 34.2. The lowest BCUT2D eigenvalue weighted by Gasteiger charge is -2.17. The van der Waals surface area contributed by atoms with Crippen LogP contribution in [-0.4, -0.2) is 38.2 Å². The molecule has 298 valence electrons. The number of aromatic nitrogens is 8. The number of nitrogens with zero attached hydrogens (tertiary/aromatic N) is 8. The van der Waals surface area contributed by atoms with E-state index in [0.29, 0.717) is 23.5 Å². The third-order valence-electron chi connectivity index (χ3n) is 12.9. The summed E-state index contributed by atoms with van der Waals surface area (Å²) in [6.07, 6.45) is 0. The molecule has 0 saturated carbocycles. The standard InChI is InChI=1S/C56H34N8/c1-9-25-44-35(17-1)36-18-2-10-26-45(36)61(44)52-34-33-43(54(57-52)62-46-27-11-3-19-37(46)38-20-4-12-28-47(38)62)53-58-55(63-48-29-13-5-21-39(48)40-22-6-14-30-49(40)63)60-56(59-53)64-50-31-15-7-23-41(50)42-24-8-16-32-51(42)64/h1-34H. The van der Waals surface area contributed by atoms with Gasteiger partial charge in [-0.1, -0.05) is 146 Å². The van der Waals surface area contributed by atoms with Gasteiger partial charge in [0.2, 0.25) is 11.9 Å². The van der Waals surface area contributed by atoms with E-state index in [2.05, 4.69) is 225 Å². The number of rotatable bonds is 5. The average Bonchev–Trinajstić information content (AvgIpc) is 4.09. The maximum absolute atomic E-state index is 5.73. The van der Waals surface area contributed by atoms with Gasteiger partial charge in [0.25, 0.3) is 0 Å². The molecule has 14 aromatic rings. The fourth-order valence-electron chi connectivity index (χ4n) is 10.2. The summed E-state index contributed by atoms with van der Waals surface area (Å²) >= 11 is 0. The minimum atomic E-state index is 0.502. The highest BCUT2D eigenvalue weighted by Crippen LogP contribution is 2.39. The van der Waals surface area contributed by atoms with E-state index in [1.165, 1.54) is 10.8 Å². The van der Waals surface area contributed by atoms with Crippen LogP contribution in [0.2, 0.25) is 0 Å². The first-order valence-electron chi connectivity index (χ1n) is 21.5. The van der Waals surface area contributed by atoms with Gasteiger partial charge in [-0.15, -0.1) is 0 Å². The Bertz CT molecular complexity index is 3880. The highest BCUT2D eigenvalue weighted by molar-refractivity contribution is 6.12. The molecule has 0 atom stereocenters. The molecular formula is C56H34N8. The van der Waals surface area contributed by atoms with Crippen LogP contribution in [0.15, 0.2) is 206 Å². The molecule has 0 N–H and O–H groups in total. The van der Waals surface area contributed by atoms with Crippen LogP contribution in [0.1, 0.15) is 0 Å². The number of pyridine rings is 1. The highest BCUT2D eigenvalue weighted by atomic mass is 15.3. The Balaban J connectivity index is 1.13. The van der Waals surface area contributed by atoms with Crippen LogP contribution in [0.25, 0.3) is 122 Å². The van der Waals surface area contributed by atoms with Crippen molar-refractivity contribution < 1.29 is 0 Å². The molecule has 6 heterocycles. The predicted octanol–water partition coefficient (Wildman–Crippen LogP) is 13.3. The second-order valence-electron chi connectivity index (χ2n) is 16.3. The lowest BCUT2D eigenvalue weighted by Crippen LogP contribution is -2.12. The summed E-state index contributed by atoms with van der Waals surface area (Å²) in [6.45, 7) is 0. The summed E-state index contributed by atoms with van der Waals surface area (Å²) in [5.74, 6) is 3.03. The molecule has 0 aliphatic heterocycles. The molecule has 8 aromatic carbocycles. The molecule has 6 aromatic heterocycles. The minimum absolute atomic E-state index is 0.502. The van der Waals surface area contributed by atoms with Crippen LogP contribution >= 0.6 is 0 Å². The van der Waals surface area contributed by atoms with Crippen LogP contribution in [-0.2, 0) is 0 Å². The topological polar surface area (TPSA) is 71.3 Å². The molecule has 0 aliphatic carbocycles. The minimum Gasteiger partial charge on any atom is -0.294 e. The van der Waals surface area contributed by atoms with Crippen LogP contribution < -0.4 is 0 Å². The molecule has 0 fully saturated rings. The summed E-state index contributed by atoms with van der Waals surface area (Å²) in [6, 6.07) is 72.4. The van der Waals surface area contributed by atoms with Crippen molar-refractivity contribution in [3.05, 3.63) is 206 Å². The van der Waals surface area contributed by atoms with Gasteiger partial charge in [-0.05, 0) is 60.7 Å². The van der Waals surface area contributed by atoms with Crippen LogP contribution in [0.4, 0.5) is 0 Å². The summed E-state index contributed by atoms with van der Waals surface area (Å²) < 4.78 is 8.90. The number of hydrogen-bond donors (Lipinski definition) is 0. The molecule has 8 nitrogen and oxygen atoms in total. The average molecular weight is 819 g/mol. The van der Waals surface area contributed by atoms with Gasteiger partial charge in [-0.25, -0.2) is 4.98 Å². The Morgan fingerprint density at radius 3 is 0.844 bits per heavy atom. The largest absolute Gasteiger partial charge is 0.294 e. The number of fused-ring (bicyclic) bond motifs is 12. The van der Waals surface area contributed by atoms with E-state index in [9.17, 15) is 0 Å². The predicted molar refractivity (Wildman–Crippen MR) is 260 cm³/mol. The molecule has 0 spiro atoms. The number of para-hydroxylation sites is 8.